The second kappa shape index (κ2) is 5.44. The Hall–Kier alpha value is -0.820. The standard InChI is InChI=1S/C17H25N/c1-13-7-5-6-10-17(13)18-16-11-15(12-16)14-8-3-2-4-9-14/h2-4,8-9,13,15-18H,5-7,10-12H2,1H3. The highest BCUT2D eigenvalue weighted by atomic mass is 15.0. The normalized spacial score (nSPS) is 36.1. The van der Waals surface area contributed by atoms with Gasteiger partial charge < -0.3 is 5.32 Å². The van der Waals surface area contributed by atoms with Crippen LogP contribution in [0.2, 0.25) is 0 Å². The molecule has 0 saturated heterocycles. The molecule has 18 heavy (non-hydrogen) atoms. The molecule has 1 N–H and O–H groups in total. The van der Waals surface area contributed by atoms with E-state index < -0.39 is 0 Å². The van der Waals surface area contributed by atoms with E-state index in [9.17, 15) is 0 Å². The van der Waals surface area contributed by atoms with Crippen molar-refractivity contribution >= 4 is 0 Å². The van der Waals surface area contributed by atoms with E-state index in [4.69, 9.17) is 0 Å². The molecule has 1 nitrogen and oxygen atoms in total. The van der Waals surface area contributed by atoms with Gasteiger partial charge in [0.2, 0.25) is 0 Å². The van der Waals surface area contributed by atoms with Crippen molar-refractivity contribution < 1.29 is 0 Å². The minimum Gasteiger partial charge on any atom is -0.311 e. The van der Waals surface area contributed by atoms with Gasteiger partial charge in [-0.2, -0.15) is 0 Å². The third-order valence-corrected chi connectivity index (χ3v) is 4.97. The van der Waals surface area contributed by atoms with Gasteiger partial charge in [-0.25, -0.2) is 0 Å². The molecule has 0 spiro atoms. The third-order valence-electron chi connectivity index (χ3n) is 4.97. The van der Waals surface area contributed by atoms with Crippen molar-refractivity contribution in [3.63, 3.8) is 0 Å². The lowest BCUT2D eigenvalue weighted by Crippen LogP contribution is -2.48. The molecule has 2 fully saturated rings. The molecule has 0 amide bonds. The van der Waals surface area contributed by atoms with Crippen LogP contribution < -0.4 is 5.32 Å². The molecule has 0 aliphatic heterocycles. The first-order valence-corrected chi connectivity index (χ1v) is 7.64. The lowest BCUT2D eigenvalue weighted by Gasteiger charge is -2.41. The van der Waals surface area contributed by atoms with E-state index in [1.165, 1.54) is 44.1 Å². The second-order valence-corrected chi connectivity index (χ2v) is 6.31. The zero-order chi connectivity index (χ0) is 12.4. The molecule has 1 aromatic carbocycles. The minimum atomic E-state index is 0.778. The molecule has 0 heterocycles. The van der Waals surface area contributed by atoms with Crippen LogP contribution in [0.3, 0.4) is 0 Å². The van der Waals surface area contributed by atoms with Crippen molar-refractivity contribution in [3.05, 3.63) is 35.9 Å². The van der Waals surface area contributed by atoms with Gasteiger partial charge in [0.15, 0.2) is 0 Å². The molecule has 0 aromatic heterocycles. The van der Waals surface area contributed by atoms with Crippen LogP contribution in [0.4, 0.5) is 0 Å². The molecule has 1 heteroatoms. The molecule has 2 aliphatic rings. The Morgan fingerprint density at radius 2 is 1.72 bits per heavy atom. The largest absolute Gasteiger partial charge is 0.311 e. The molecular formula is C17H25N. The fourth-order valence-electron chi connectivity index (χ4n) is 3.62. The quantitative estimate of drug-likeness (QED) is 0.842. The molecule has 2 saturated carbocycles. The van der Waals surface area contributed by atoms with Crippen molar-refractivity contribution in [1.82, 2.24) is 5.32 Å². The van der Waals surface area contributed by atoms with Crippen LogP contribution in [-0.2, 0) is 0 Å². The van der Waals surface area contributed by atoms with E-state index >= 15 is 0 Å². The van der Waals surface area contributed by atoms with Gasteiger partial charge in [0.05, 0.1) is 0 Å². The summed E-state index contributed by atoms with van der Waals surface area (Å²) in [5.41, 5.74) is 1.53. The summed E-state index contributed by atoms with van der Waals surface area (Å²) in [5, 5.41) is 3.90. The summed E-state index contributed by atoms with van der Waals surface area (Å²) < 4.78 is 0. The molecule has 0 radical (unpaired) electrons. The zero-order valence-electron chi connectivity index (χ0n) is 11.4. The smallest absolute Gasteiger partial charge is 0.00952 e. The predicted octanol–water partition coefficient (Wildman–Crippen LogP) is 4.10. The molecule has 3 rings (SSSR count). The maximum atomic E-state index is 3.90. The fraction of sp³-hybridized carbons (Fsp3) is 0.647. The number of hydrogen-bond donors (Lipinski definition) is 1. The van der Waals surface area contributed by atoms with E-state index in [0.717, 1.165) is 23.9 Å². The number of hydrogen-bond acceptors (Lipinski definition) is 1. The van der Waals surface area contributed by atoms with Gasteiger partial charge in [-0.1, -0.05) is 50.1 Å². The lowest BCUT2D eigenvalue weighted by atomic mass is 9.74. The van der Waals surface area contributed by atoms with Crippen LogP contribution >= 0.6 is 0 Å². The summed E-state index contributed by atoms with van der Waals surface area (Å²) in [6.45, 7) is 2.42. The van der Waals surface area contributed by atoms with Crippen molar-refractivity contribution in [2.24, 2.45) is 5.92 Å². The van der Waals surface area contributed by atoms with Gasteiger partial charge in [-0.05, 0) is 43.1 Å². The number of nitrogens with one attached hydrogen (secondary N) is 1. The Bertz CT molecular complexity index is 366. The van der Waals surface area contributed by atoms with Crippen LogP contribution in [-0.4, -0.2) is 12.1 Å². The number of rotatable bonds is 3. The summed E-state index contributed by atoms with van der Waals surface area (Å²) in [6.07, 6.45) is 8.37. The first-order valence-electron chi connectivity index (χ1n) is 7.64. The van der Waals surface area contributed by atoms with E-state index in [1.54, 1.807) is 0 Å². The van der Waals surface area contributed by atoms with Crippen molar-refractivity contribution in [1.29, 1.82) is 0 Å². The molecule has 2 unspecified atom stereocenters. The Morgan fingerprint density at radius 1 is 1.00 bits per heavy atom. The summed E-state index contributed by atoms with van der Waals surface area (Å²) in [5.74, 6) is 1.69. The first-order chi connectivity index (χ1) is 8.83. The molecule has 2 aliphatic carbocycles. The van der Waals surface area contributed by atoms with Gasteiger partial charge in [-0.3, -0.25) is 0 Å². The maximum absolute atomic E-state index is 3.90. The molecular weight excluding hydrogens is 218 g/mol. The maximum Gasteiger partial charge on any atom is 0.00952 e. The molecule has 0 bridgehead atoms. The van der Waals surface area contributed by atoms with Gasteiger partial charge in [0, 0.05) is 12.1 Å². The second-order valence-electron chi connectivity index (χ2n) is 6.31. The monoisotopic (exact) mass is 243 g/mol. The topological polar surface area (TPSA) is 12.0 Å². The van der Waals surface area contributed by atoms with E-state index in [2.05, 4.69) is 42.6 Å². The van der Waals surface area contributed by atoms with Crippen LogP contribution in [0, 0.1) is 5.92 Å². The Kier molecular flexibility index (Phi) is 3.69. The van der Waals surface area contributed by atoms with Gasteiger partial charge in [0.1, 0.15) is 0 Å². The lowest BCUT2D eigenvalue weighted by molar-refractivity contribution is 0.201. The van der Waals surface area contributed by atoms with Crippen molar-refractivity contribution in [3.8, 4) is 0 Å². The third kappa shape index (κ3) is 2.61. The predicted molar refractivity (Wildman–Crippen MR) is 76.8 cm³/mol. The Balaban J connectivity index is 1.48. The van der Waals surface area contributed by atoms with Crippen LogP contribution in [0.25, 0.3) is 0 Å². The highest BCUT2D eigenvalue weighted by molar-refractivity contribution is 5.22. The average Bonchev–Trinajstić information content (AvgIpc) is 2.36. The first kappa shape index (κ1) is 12.2. The minimum absolute atomic E-state index is 0.778. The SMILES string of the molecule is CC1CCCCC1NC1CC(c2ccccc2)C1. The van der Waals surface area contributed by atoms with Crippen molar-refractivity contribution in [2.45, 2.75) is 63.5 Å². The average molecular weight is 243 g/mol. The molecule has 1 aromatic rings. The summed E-state index contributed by atoms with van der Waals surface area (Å²) in [6, 6.07) is 12.6. The Labute approximate surface area is 111 Å². The Morgan fingerprint density at radius 3 is 2.44 bits per heavy atom. The summed E-state index contributed by atoms with van der Waals surface area (Å²) >= 11 is 0. The molecule has 98 valence electrons. The van der Waals surface area contributed by atoms with E-state index in [1.807, 2.05) is 0 Å². The summed E-state index contributed by atoms with van der Waals surface area (Å²) in [7, 11) is 0. The number of benzene rings is 1. The fourth-order valence-corrected chi connectivity index (χ4v) is 3.62. The highest BCUT2D eigenvalue weighted by Crippen LogP contribution is 2.38. The van der Waals surface area contributed by atoms with Gasteiger partial charge >= 0.3 is 0 Å². The molecule has 2 atom stereocenters. The van der Waals surface area contributed by atoms with Crippen molar-refractivity contribution in [2.75, 3.05) is 0 Å². The zero-order valence-corrected chi connectivity index (χ0v) is 11.4. The van der Waals surface area contributed by atoms with Crippen LogP contribution in [0.5, 0.6) is 0 Å². The van der Waals surface area contributed by atoms with Crippen LogP contribution in [0.15, 0.2) is 30.3 Å². The highest BCUT2D eigenvalue weighted by Gasteiger charge is 2.33. The van der Waals surface area contributed by atoms with Crippen LogP contribution in [0.1, 0.15) is 56.9 Å². The van der Waals surface area contributed by atoms with Gasteiger partial charge in [0.25, 0.3) is 0 Å². The van der Waals surface area contributed by atoms with E-state index in [-0.39, 0.29) is 0 Å². The van der Waals surface area contributed by atoms with Gasteiger partial charge in [-0.15, -0.1) is 0 Å². The summed E-state index contributed by atoms with van der Waals surface area (Å²) in [4.78, 5) is 0. The van der Waals surface area contributed by atoms with E-state index in [0.29, 0.717) is 0 Å².